The van der Waals surface area contributed by atoms with Crippen molar-refractivity contribution in [3.05, 3.63) is 29.6 Å². The van der Waals surface area contributed by atoms with Crippen molar-refractivity contribution >= 4 is 5.97 Å². The molecule has 1 unspecified atom stereocenters. The summed E-state index contributed by atoms with van der Waals surface area (Å²) in [5, 5.41) is 8.92. The van der Waals surface area contributed by atoms with Crippen molar-refractivity contribution in [1.82, 2.24) is 4.98 Å². The molecule has 1 heterocycles. The highest BCUT2D eigenvalue weighted by atomic mass is 16.4. The molecule has 1 N–H and O–H groups in total. The third-order valence-electron chi connectivity index (χ3n) is 2.13. The first-order valence-electron chi connectivity index (χ1n) is 4.31. The number of pyridine rings is 1. The van der Waals surface area contributed by atoms with E-state index >= 15 is 0 Å². The average Bonchev–Trinajstić information content (AvgIpc) is 2.09. The smallest absolute Gasteiger partial charge is 0.311 e. The zero-order valence-electron chi connectivity index (χ0n) is 7.82. The SMILES string of the molecule is CCC(C(=O)O)c1cccnc1C. The van der Waals surface area contributed by atoms with Crippen LogP contribution in [0.2, 0.25) is 0 Å². The van der Waals surface area contributed by atoms with Gasteiger partial charge in [0.2, 0.25) is 0 Å². The summed E-state index contributed by atoms with van der Waals surface area (Å²) in [6, 6.07) is 3.60. The second-order valence-corrected chi connectivity index (χ2v) is 2.98. The van der Waals surface area contributed by atoms with Crippen LogP contribution in [0.1, 0.15) is 30.5 Å². The minimum atomic E-state index is -0.779. The topological polar surface area (TPSA) is 50.2 Å². The summed E-state index contributed by atoms with van der Waals surface area (Å²) >= 11 is 0. The number of aliphatic carboxylic acids is 1. The maximum atomic E-state index is 10.9. The van der Waals surface area contributed by atoms with Gasteiger partial charge in [-0.15, -0.1) is 0 Å². The Labute approximate surface area is 77.4 Å². The Hall–Kier alpha value is -1.38. The van der Waals surface area contributed by atoms with Gasteiger partial charge in [0.05, 0.1) is 5.92 Å². The van der Waals surface area contributed by atoms with Crippen LogP contribution in [-0.4, -0.2) is 16.1 Å². The lowest BCUT2D eigenvalue weighted by atomic mass is 9.96. The lowest BCUT2D eigenvalue weighted by Gasteiger charge is -2.11. The molecule has 0 spiro atoms. The van der Waals surface area contributed by atoms with Gasteiger partial charge in [0, 0.05) is 11.9 Å². The van der Waals surface area contributed by atoms with E-state index in [1.54, 1.807) is 12.3 Å². The van der Waals surface area contributed by atoms with Gasteiger partial charge >= 0.3 is 5.97 Å². The molecular formula is C10H13NO2. The fraction of sp³-hybridized carbons (Fsp3) is 0.400. The van der Waals surface area contributed by atoms with Crippen molar-refractivity contribution in [2.24, 2.45) is 0 Å². The molecule has 1 atom stereocenters. The van der Waals surface area contributed by atoms with Gasteiger partial charge in [0.15, 0.2) is 0 Å². The molecule has 13 heavy (non-hydrogen) atoms. The van der Waals surface area contributed by atoms with Crippen molar-refractivity contribution in [3.63, 3.8) is 0 Å². The molecule has 0 saturated heterocycles. The Morgan fingerprint density at radius 3 is 2.85 bits per heavy atom. The van der Waals surface area contributed by atoms with Crippen LogP contribution in [0.5, 0.6) is 0 Å². The largest absolute Gasteiger partial charge is 0.481 e. The first-order chi connectivity index (χ1) is 6.16. The number of carboxylic acid groups (broad SMARTS) is 1. The zero-order chi connectivity index (χ0) is 9.84. The van der Waals surface area contributed by atoms with E-state index in [1.165, 1.54) is 0 Å². The number of nitrogens with zero attached hydrogens (tertiary/aromatic N) is 1. The van der Waals surface area contributed by atoms with Gasteiger partial charge in [-0.3, -0.25) is 9.78 Å². The Morgan fingerprint density at radius 2 is 2.38 bits per heavy atom. The molecule has 0 aromatic carbocycles. The van der Waals surface area contributed by atoms with E-state index in [4.69, 9.17) is 5.11 Å². The van der Waals surface area contributed by atoms with E-state index < -0.39 is 11.9 Å². The van der Waals surface area contributed by atoms with Crippen LogP contribution in [-0.2, 0) is 4.79 Å². The van der Waals surface area contributed by atoms with Gasteiger partial charge in [-0.05, 0) is 25.0 Å². The fourth-order valence-corrected chi connectivity index (χ4v) is 1.39. The van der Waals surface area contributed by atoms with Gasteiger partial charge in [-0.1, -0.05) is 13.0 Å². The van der Waals surface area contributed by atoms with E-state index in [2.05, 4.69) is 4.98 Å². The van der Waals surface area contributed by atoms with Crippen molar-refractivity contribution in [3.8, 4) is 0 Å². The van der Waals surface area contributed by atoms with Gasteiger partial charge in [-0.25, -0.2) is 0 Å². The first kappa shape index (κ1) is 9.71. The third-order valence-corrected chi connectivity index (χ3v) is 2.13. The van der Waals surface area contributed by atoms with E-state index in [-0.39, 0.29) is 0 Å². The molecule has 1 rings (SSSR count). The Bertz CT molecular complexity index is 310. The predicted octanol–water partition coefficient (Wildman–Crippen LogP) is 1.97. The molecule has 0 aliphatic rings. The monoisotopic (exact) mass is 179 g/mol. The molecule has 0 amide bonds. The summed E-state index contributed by atoms with van der Waals surface area (Å²) in [5.74, 6) is -1.20. The molecule has 0 fully saturated rings. The number of carbonyl (C=O) groups is 1. The van der Waals surface area contributed by atoms with E-state index in [0.29, 0.717) is 6.42 Å². The van der Waals surface area contributed by atoms with Crippen molar-refractivity contribution in [2.75, 3.05) is 0 Å². The van der Waals surface area contributed by atoms with Crippen LogP contribution >= 0.6 is 0 Å². The Balaban J connectivity index is 3.04. The second kappa shape index (κ2) is 4.03. The van der Waals surface area contributed by atoms with Gasteiger partial charge in [0.25, 0.3) is 0 Å². The highest BCUT2D eigenvalue weighted by Gasteiger charge is 2.19. The van der Waals surface area contributed by atoms with Crippen molar-refractivity contribution in [1.29, 1.82) is 0 Å². The maximum absolute atomic E-state index is 10.9. The summed E-state index contributed by atoms with van der Waals surface area (Å²) in [6.45, 7) is 3.70. The lowest BCUT2D eigenvalue weighted by molar-refractivity contribution is -0.138. The molecule has 70 valence electrons. The normalized spacial score (nSPS) is 12.5. The van der Waals surface area contributed by atoms with E-state index in [0.717, 1.165) is 11.3 Å². The Kier molecular flexibility index (Phi) is 3.01. The van der Waals surface area contributed by atoms with Crippen LogP contribution in [0.15, 0.2) is 18.3 Å². The molecule has 0 radical (unpaired) electrons. The fourth-order valence-electron chi connectivity index (χ4n) is 1.39. The third kappa shape index (κ3) is 2.05. The minimum absolute atomic E-state index is 0.423. The van der Waals surface area contributed by atoms with E-state index in [9.17, 15) is 4.79 Å². The maximum Gasteiger partial charge on any atom is 0.311 e. The highest BCUT2D eigenvalue weighted by Crippen LogP contribution is 2.21. The Morgan fingerprint density at radius 1 is 1.69 bits per heavy atom. The van der Waals surface area contributed by atoms with Crippen LogP contribution in [0, 0.1) is 6.92 Å². The molecule has 1 aromatic rings. The molecule has 3 nitrogen and oxygen atoms in total. The van der Waals surface area contributed by atoms with Crippen LogP contribution < -0.4 is 0 Å². The standard InChI is InChI=1S/C10H13NO2/c1-3-8(10(12)13)9-5-4-6-11-7(9)2/h4-6,8H,3H2,1-2H3,(H,12,13). The number of hydrogen-bond donors (Lipinski definition) is 1. The average molecular weight is 179 g/mol. The lowest BCUT2D eigenvalue weighted by Crippen LogP contribution is -2.12. The molecular weight excluding hydrogens is 166 g/mol. The number of aryl methyl sites for hydroxylation is 1. The number of carboxylic acids is 1. The van der Waals surface area contributed by atoms with Crippen molar-refractivity contribution < 1.29 is 9.90 Å². The summed E-state index contributed by atoms with van der Waals surface area (Å²) in [6.07, 6.45) is 2.27. The van der Waals surface area contributed by atoms with Gasteiger partial charge < -0.3 is 5.11 Å². The van der Waals surface area contributed by atoms with Crippen LogP contribution in [0.25, 0.3) is 0 Å². The molecule has 0 bridgehead atoms. The first-order valence-corrected chi connectivity index (χ1v) is 4.31. The molecule has 1 aromatic heterocycles. The summed E-state index contributed by atoms with van der Waals surface area (Å²) in [4.78, 5) is 14.9. The summed E-state index contributed by atoms with van der Waals surface area (Å²) < 4.78 is 0. The zero-order valence-corrected chi connectivity index (χ0v) is 7.82. The van der Waals surface area contributed by atoms with Crippen molar-refractivity contribution in [2.45, 2.75) is 26.2 Å². The van der Waals surface area contributed by atoms with Gasteiger partial charge in [0.1, 0.15) is 0 Å². The van der Waals surface area contributed by atoms with Gasteiger partial charge in [-0.2, -0.15) is 0 Å². The quantitative estimate of drug-likeness (QED) is 0.771. The number of hydrogen-bond acceptors (Lipinski definition) is 2. The van der Waals surface area contributed by atoms with Crippen LogP contribution in [0.3, 0.4) is 0 Å². The highest BCUT2D eigenvalue weighted by molar-refractivity contribution is 5.76. The van der Waals surface area contributed by atoms with Crippen LogP contribution in [0.4, 0.5) is 0 Å². The molecule has 0 aliphatic heterocycles. The predicted molar refractivity (Wildman–Crippen MR) is 49.6 cm³/mol. The molecule has 0 saturated carbocycles. The molecule has 0 aliphatic carbocycles. The number of rotatable bonds is 3. The summed E-state index contributed by atoms with van der Waals surface area (Å²) in [5.41, 5.74) is 1.62. The van der Waals surface area contributed by atoms with E-state index in [1.807, 2.05) is 19.9 Å². The second-order valence-electron chi connectivity index (χ2n) is 2.98. The minimum Gasteiger partial charge on any atom is -0.481 e. The number of aromatic nitrogens is 1. The summed E-state index contributed by atoms with van der Waals surface area (Å²) in [7, 11) is 0. The molecule has 3 heteroatoms.